The van der Waals surface area contributed by atoms with Crippen LogP contribution in [0, 0.1) is 5.92 Å². The maximum atomic E-state index is 5.41. The van der Waals surface area contributed by atoms with Gasteiger partial charge < -0.3 is 26.2 Å². The van der Waals surface area contributed by atoms with E-state index < -0.39 is 0 Å². The van der Waals surface area contributed by atoms with Gasteiger partial charge in [-0.25, -0.2) is 0 Å². The zero-order chi connectivity index (χ0) is 20.2. The van der Waals surface area contributed by atoms with Crippen LogP contribution < -0.4 is 17.0 Å². The molecule has 1 unspecified atom stereocenters. The van der Waals surface area contributed by atoms with Gasteiger partial charge in [-0.1, -0.05) is 90.4 Å². The minimum Gasteiger partial charge on any atom is -1.00 e. The minimum absolute atomic E-state index is 0. The van der Waals surface area contributed by atoms with Crippen LogP contribution in [0.3, 0.4) is 0 Å². The number of unbranched alkanes of at least 4 members (excludes halogenated alkanes) is 13. The monoisotopic (exact) mass is 481 g/mol. The van der Waals surface area contributed by atoms with Gasteiger partial charge >= 0.3 is 0 Å². The average Bonchev–Trinajstić information content (AvgIpc) is 2.60. The van der Waals surface area contributed by atoms with Gasteiger partial charge in [0.15, 0.2) is 0 Å². The second-order valence-corrected chi connectivity index (χ2v) is 10.6. The summed E-state index contributed by atoms with van der Waals surface area (Å²) in [5.74, 6) is 3.27. The molecule has 0 aromatic heterocycles. The van der Waals surface area contributed by atoms with Crippen LogP contribution >= 0.6 is 11.8 Å². The molecule has 0 fully saturated rings. The third-order valence-corrected chi connectivity index (χ3v) is 6.49. The molecule has 4 heteroatoms. The van der Waals surface area contributed by atoms with E-state index >= 15 is 0 Å². The predicted molar refractivity (Wildman–Crippen MR) is 126 cm³/mol. The van der Waals surface area contributed by atoms with Gasteiger partial charge in [0.05, 0.1) is 34.3 Å². The molecule has 0 amide bonds. The minimum atomic E-state index is 0. The van der Waals surface area contributed by atoms with E-state index in [2.05, 4.69) is 39.8 Å². The number of nitrogens with zero attached hydrogens (tertiary/aromatic N) is 1. The van der Waals surface area contributed by atoms with E-state index in [1.807, 2.05) is 7.11 Å². The summed E-state index contributed by atoms with van der Waals surface area (Å²) in [6.07, 6.45) is 20.2. The molecule has 2 nitrogen and oxygen atoms in total. The van der Waals surface area contributed by atoms with Crippen molar-refractivity contribution in [3.8, 4) is 0 Å². The van der Waals surface area contributed by atoms with Crippen LogP contribution in [0.25, 0.3) is 0 Å². The number of quaternary nitrogens is 1. The SMILES string of the molecule is CCCCCCCCCCCCCCCCSCC(COC)C[N+](C)(C)C.[Br-]. The highest BCUT2D eigenvalue weighted by Gasteiger charge is 2.17. The molecule has 0 aliphatic rings. The molecule has 0 radical (unpaired) electrons. The molecule has 172 valence electrons. The van der Waals surface area contributed by atoms with Gasteiger partial charge in [-0.3, -0.25) is 0 Å². The van der Waals surface area contributed by atoms with Crippen LogP contribution in [0.4, 0.5) is 0 Å². The lowest BCUT2D eigenvalue weighted by Crippen LogP contribution is -3.00. The first-order valence-corrected chi connectivity index (χ1v) is 13.0. The van der Waals surface area contributed by atoms with Crippen LogP contribution in [0.1, 0.15) is 96.8 Å². The van der Waals surface area contributed by atoms with Crippen LogP contribution in [0.2, 0.25) is 0 Å². The molecule has 0 aromatic rings. The van der Waals surface area contributed by atoms with E-state index in [1.54, 1.807) is 0 Å². The number of thioether (sulfide) groups is 1. The Morgan fingerprint density at radius 3 is 1.54 bits per heavy atom. The highest BCUT2D eigenvalue weighted by molar-refractivity contribution is 7.99. The number of halogens is 1. The van der Waals surface area contributed by atoms with Crippen LogP contribution in [0.5, 0.6) is 0 Å². The molecule has 0 aromatic carbocycles. The maximum absolute atomic E-state index is 5.41. The molecule has 0 aliphatic carbocycles. The fourth-order valence-corrected chi connectivity index (χ4v) is 4.92. The molecule has 1 atom stereocenters. The molecule has 28 heavy (non-hydrogen) atoms. The third kappa shape index (κ3) is 24.8. The molecule has 0 rings (SSSR count). The van der Waals surface area contributed by atoms with E-state index in [9.17, 15) is 0 Å². The van der Waals surface area contributed by atoms with E-state index in [-0.39, 0.29) is 17.0 Å². The Morgan fingerprint density at radius 1 is 0.714 bits per heavy atom. The normalized spacial score (nSPS) is 12.8. The van der Waals surface area contributed by atoms with Gasteiger partial charge in [-0.15, -0.1) is 0 Å². The Bertz CT molecular complexity index is 297. The lowest BCUT2D eigenvalue weighted by Gasteiger charge is -2.28. The van der Waals surface area contributed by atoms with E-state index in [0.29, 0.717) is 5.92 Å². The van der Waals surface area contributed by atoms with Crippen LogP contribution in [-0.2, 0) is 4.74 Å². The second-order valence-electron chi connectivity index (χ2n) is 9.47. The van der Waals surface area contributed by atoms with Crippen molar-refractivity contribution in [2.45, 2.75) is 96.8 Å². The molecule has 0 saturated heterocycles. The second kappa shape index (κ2) is 22.4. The van der Waals surface area contributed by atoms with E-state index in [4.69, 9.17) is 4.74 Å². The fraction of sp³-hybridized carbons (Fsp3) is 1.00. The fourth-order valence-electron chi connectivity index (χ4n) is 3.81. The zero-order valence-corrected chi connectivity index (χ0v) is 22.3. The van der Waals surface area contributed by atoms with Crippen molar-refractivity contribution >= 4 is 11.8 Å². The first-order valence-electron chi connectivity index (χ1n) is 11.9. The van der Waals surface area contributed by atoms with Gasteiger partial charge in [-0.2, -0.15) is 11.8 Å². The first kappa shape index (κ1) is 30.9. The summed E-state index contributed by atoms with van der Waals surface area (Å²) >= 11 is 2.14. The highest BCUT2D eigenvalue weighted by atomic mass is 79.9. The van der Waals surface area contributed by atoms with Crippen molar-refractivity contribution in [2.24, 2.45) is 5.92 Å². The molecule has 0 bridgehead atoms. The highest BCUT2D eigenvalue weighted by Crippen LogP contribution is 2.16. The van der Waals surface area contributed by atoms with Crippen molar-refractivity contribution < 1.29 is 26.2 Å². The zero-order valence-electron chi connectivity index (χ0n) is 19.9. The molecular weight excluding hydrogens is 430 g/mol. The average molecular weight is 483 g/mol. The topological polar surface area (TPSA) is 9.23 Å². The summed E-state index contributed by atoms with van der Waals surface area (Å²) in [7, 11) is 8.67. The molecule has 0 saturated carbocycles. The Kier molecular flexibility index (Phi) is 24.8. The van der Waals surface area contributed by atoms with E-state index in [1.165, 1.54) is 108 Å². The number of hydrogen-bond donors (Lipinski definition) is 0. The molecule has 0 N–H and O–H groups in total. The molecule has 0 aliphatic heterocycles. The summed E-state index contributed by atoms with van der Waals surface area (Å²) in [5.41, 5.74) is 0. The summed E-state index contributed by atoms with van der Waals surface area (Å²) in [5, 5.41) is 0. The predicted octanol–water partition coefficient (Wildman–Crippen LogP) is 4.17. The Hall–Kier alpha value is 0.750. The van der Waals surface area contributed by atoms with Crippen LogP contribution in [0.15, 0.2) is 0 Å². The molecule has 0 spiro atoms. The summed E-state index contributed by atoms with van der Waals surface area (Å²) in [4.78, 5) is 0. The van der Waals surface area contributed by atoms with Gasteiger partial charge in [0.2, 0.25) is 0 Å². The lowest BCUT2D eigenvalue weighted by molar-refractivity contribution is -0.873. The first-order chi connectivity index (χ1) is 13.0. The summed E-state index contributed by atoms with van der Waals surface area (Å²) < 4.78 is 6.44. The largest absolute Gasteiger partial charge is 1.00 e. The van der Waals surface area contributed by atoms with Gasteiger partial charge in [0.1, 0.15) is 0 Å². The smallest absolute Gasteiger partial charge is 0.0839 e. The van der Waals surface area contributed by atoms with Crippen molar-refractivity contribution in [3.05, 3.63) is 0 Å². The Labute approximate surface area is 193 Å². The third-order valence-electron chi connectivity index (χ3n) is 5.20. The quantitative estimate of drug-likeness (QED) is 0.179. The van der Waals surface area contributed by atoms with Crippen LogP contribution in [-0.4, -0.2) is 57.4 Å². The van der Waals surface area contributed by atoms with Gasteiger partial charge in [-0.05, 0) is 12.2 Å². The molecule has 0 heterocycles. The Balaban J connectivity index is 0. The van der Waals surface area contributed by atoms with Gasteiger partial charge in [0.25, 0.3) is 0 Å². The number of ether oxygens (including phenoxy) is 1. The van der Waals surface area contributed by atoms with Crippen molar-refractivity contribution in [1.82, 2.24) is 0 Å². The van der Waals surface area contributed by atoms with Crippen molar-refractivity contribution in [3.63, 3.8) is 0 Å². The maximum Gasteiger partial charge on any atom is 0.0839 e. The Morgan fingerprint density at radius 2 is 1.14 bits per heavy atom. The standard InChI is InChI=1S/C24H52NOS.BrH/c1-6-7-8-9-10-11-12-13-14-15-16-17-18-19-20-27-23-24(22-26-5)21-25(2,3)4;/h24H,6-23H2,1-5H3;1H/q+1;/p-1. The van der Waals surface area contributed by atoms with Crippen molar-refractivity contribution in [1.29, 1.82) is 0 Å². The number of hydrogen-bond acceptors (Lipinski definition) is 2. The summed E-state index contributed by atoms with van der Waals surface area (Å²) in [6, 6.07) is 0. The summed E-state index contributed by atoms with van der Waals surface area (Å²) in [6.45, 7) is 4.41. The molecular formula is C24H52BrNOS. The van der Waals surface area contributed by atoms with E-state index in [0.717, 1.165) is 11.1 Å². The number of methoxy groups -OCH3 is 1. The number of rotatable bonds is 21. The van der Waals surface area contributed by atoms with Gasteiger partial charge in [0, 0.05) is 18.8 Å². The van der Waals surface area contributed by atoms with Crippen molar-refractivity contribution in [2.75, 3.05) is 52.9 Å². The lowest BCUT2D eigenvalue weighted by atomic mass is 10.0.